The molecular formula is C23H26N2O4. The largest absolute Gasteiger partial charge is 0.445 e. The number of hydrogen-bond acceptors (Lipinski definition) is 4. The molecule has 0 bridgehead atoms. The van der Waals surface area contributed by atoms with Crippen molar-refractivity contribution in [2.45, 2.75) is 38.1 Å². The molecular weight excluding hydrogens is 368 g/mol. The third-order valence-corrected chi connectivity index (χ3v) is 4.91. The SMILES string of the molecule is CN(C(=O)OCc1ccccc1)[C@@H]1CC=CC[C@@H]1NC(=O)OCc1ccccc1. The Balaban J connectivity index is 1.52. The van der Waals surface area contributed by atoms with Crippen molar-refractivity contribution in [1.82, 2.24) is 10.2 Å². The Morgan fingerprint density at radius 1 is 0.897 bits per heavy atom. The minimum Gasteiger partial charge on any atom is -0.445 e. The van der Waals surface area contributed by atoms with Gasteiger partial charge in [-0.2, -0.15) is 0 Å². The normalized spacial score (nSPS) is 18.0. The lowest BCUT2D eigenvalue weighted by atomic mass is 9.95. The standard InChI is InChI=1S/C23H26N2O4/c1-25(23(27)29-17-19-12-6-3-7-13-19)21-15-9-8-14-20(21)24-22(26)28-16-18-10-4-2-5-11-18/h2-13,20-21H,14-17H2,1H3,(H,24,26)/t20-,21+/m0/s1. The van der Waals surface area contributed by atoms with Crippen LogP contribution in [0.3, 0.4) is 0 Å². The van der Waals surface area contributed by atoms with Crippen molar-refractivity contribution in [1.29, 1.82) is 0 Å². The number of alkyl carbamates (subject to hydrolysis) is 1. The first-order valence-corrected chi connectivity index (χ1v) is 9.69. The molecule has 152 valence electrons. The van der Waals surface area contributed by atoms with E-state index in [1.165, 1.54) is 0 Å². The molecule has 6 nitrogen and oxygen atoms in total. The summed E-state index contributed by atoms with van der Waals surface area (Å²) in [5.74, 6) is 0. The van der Waals surface area contributed by atoms with Gasteiger partial charge in [0.2, 0.25) is 0 Å². The number of nitrogens with one attached hydrogen (secondary N) is 1. The molecule has 0 saturated carbocycles. The molecule has 1 aliphatic carbocycles. The molecule has 2 atom stereocenters. The van der Waals surface area contributed by atoms with Gasteiger partial charge in [0.25, 0.3) is 0 Å². The van der Waals surface area contributed by atoms with E-state index in [0.29, 0.717) is 12.8 Å². The first-order chi connectivity index (χ1) is 14.1. The van der Waals surface area contributed by atoms with Gasteiger partial charge in [-0.1, -0.05) is 72.8 Å². The summed E-state index contributed by atoms with van der Waals surface area (Å²) >= 11 is 0. The molecule has 2 amide bonds. The van der Waals surface area contributed by atoms with Gasteiger partial charge in [-0.3, -0.25) is 0 Å². The van der Waals surface area contributed by atoms with Crippen molar-refractivity contribution in [2.24, 2.45) is 0 Å². The van der Waals surface area contributed by atoms with Crippen LogP contribution in [0.5, 0.6) is 0 Å². The van der Waals surface area contributed by atoms with Crippen molar-refractivity contribution in [3.63, 3.8) is 0 Å². The molecule has 2 aromatic rings. The molecule has 29 heavy (non-hydrogen) atoms. The van der Waals surface area contributed by atoms with Crippen LogP contribution in [0.4, 0.5) is 9.59 Å². The second-order valence-electron chi connectivity index (χ2n) is 6.97. The number of nitrogens with zero attached hydrogens (tertiary/aromatic N) is 1. The Hall–Kier alpha value is -3.28. The third kappa shape index (κ3) is 6.10. The van der Waals surface area contributed by atoms with E-state index in [0.717, 1.165) is 11.1 Å². The lowest BCUT2D eigenvalue weighted by Crippen LogP contribution is -2.53. The summed E-state index contributed by atoms with van der Waals surface area (Å²) in [7, 11) is 1.70. The third-order valence-electron chi connectivity index (χ3n) is 4.91. The summed E-state index contributed by atoms with van der Waals surface area (Å²) in [5, 5.41) is 2.89. The number of ether oxygens (including phenoxy) is 2. The van der Waals surface area contributed by atoms with Crippen LogP contribution in [0.1, 0.15) is 24.0 Å². The van der Waals surface area contributed by atoms with Gasteiger partial charge in [-0.05, 0) is 24.0 Å². The molecule has 3 rings (SSSR count). The molecule has 1 aliphatic rings. The lowest BCUT2D eigenvalue weighted by Gasteiger charge is -2.35. The zero-order chi connectivity index (χ0) is 20.5. The van der Waals surface area contributed by atoms with E-state index in [1.54, 1.807) is 11.9 Å². The van der Waals surface area contributed by atoms with E-state index in [4.69, 9.17) is 9.47 Å². The maximum atomic E-state index is 12.5. The molecule has 0 fully saturated rings. The Kier molecular flexibility index (Phi) is 7.28. The van der Waals surface area contributed by atoms with Crippen LogP contribution in [-0.2, 0) is 22.7 Å². The molecule has 0 aliphatic heterocycles. The Bertz CT molecular complexity index is 823. The monoisotopic (exact) mass is 394 g/mol. The Morgan fingerprint density at radius 3 is 2.07 bits per heavy atom. The van der Waals surface area contributed by atoms with E-state index >= 15 is 0 Å². The Labute approximate surface area is 171 Å². The van der Waals surface area contributed by atoms with Crippen molar-refractivity contribution >= 4 is 12.2 Å². The number of likely N-dealkylation sites (N-methyl/N-ethyl adjacent to an activating group) is 1. The van der Waals surface area contributed by atoms with E-state index in [9.17, 15) is 9.59 Å². The van der Waals surface area contributed by atoms with Crippen LogP contribution in [0.15, 0.2) is 72.8 Å². The maximum Gasteiger partial charge on any atom is 0.410 e. The van der Waals surface area contributed by atoms with Gasteiger partial charge in [-0.15, -0.1) is 0 Å². The summed E-state index contributed by atoms with van der Waals surface area (Å²) in [5.41, 5.74) is 1.85. The number of rotatable bonds is 6. The number of benzene rings is 2. The van der Waals surface area contributed by atoms with Gasteiger partial charge < -0.3 is 19.7 Å². The van der Waals surface area contributed by atoms with Crippen LogP contribution in [0.2, 0.25) is 0 Å². The highest BCUT2D eigenvalue weighted by Gasteiger charge is 2.31. The molecule has 0 saturated heterocycles. The minimum absolute atomic E-state index is 0.201. The summed E-state index contributed by atoms with van der Waals surface area (Å²) in [4.78, 5) is 26.3. The average molecular weight is 394 g/mol. The van der Waals surface area contributed by atoms with Crippen molar-refractivity contribution in [2.75, 3.05) is 7.05 Å². The second kappa shape index (κ2) is 10.3. The first kappa shape index (κ1) is 20.5. The summed E-state index contributed by atoms with van der Waals surface area (Å²) in [6, 6.07) is 18.6. The zero-order valence-corrected chi connectivity index (χ0v) is 16.5. The smallest absolute Gasteiger partial charge is 0.410 e. The molecule has 0 unspecified atom stereocenters. The van der Waals surface area contributed by atoms with Gasteiger partial charge in [0.15, 0.2) is 0 Å². The fourth-order valence-corrected chi connectivity index (χ4v) is 3.26. The first-order valence-electron chi connectivity index (χ1n) is 9.69. The van der Waals surface area contributed by atoms with Crippen LogP contribution >= 0.6 is 0 Å². The van der Waals surface area contributed by atoms with E-state index in [2.05, 4.69) is 5.32 Å². The number of amides is 2. The molecule has 0 spiro atoms. The maximum absolute atomic E-state index is 12.5. The fourth-order valence-electron chi connectivity index (χ4n) is 3.26. The Morgan fingerprint density at radius 2 is 1.45 bits per heavy atom. The number of hydrogen-bond donors (Lipinski definition) is 1. The van der Waals surface area contributed by atoms with Crippen LogP contribution in [0.25, 0.3) is 0 Å². The van der Waals surface area contributed by atoms with Gasteiger partial charge >= 0.3 is 12.2 Å². The van der Waals surface area contributed by atoms with Gasteiger partial charge in [0.05, 0.1) is 12.1 Å². The molecule has 0 aromatic heterocycles. The van der Waals surface area contributed by atoms with Gasteiger partial charge in [0, 0.05) is 7.05 Å². The molecule has 2 aromatic carbocycles. The van der Waals surface area contributed by atoms with Gasteiger partial charge in [-0.25, -0.2) is 9.59 Å². The van der Waals surface area contributed by atoms with E-state index in [-0.39, 0.29) is 25.3 Å². The van der Waals surface area contributed by atoms with Crippen molar-refractivity contribution in [3.05, 3.63) is 83.9 Å². The minimum atomic E-state index is -0.495. The predicted octanol–water partition coefficient (Wildman–Crippen LogP) is 4.27. The highest BCUT2D eigenvalue weighted by atomic mass is 16.6. The zero-order valence-electron chi connectivity index (χ0n) is 16.5. The summed E-state index contributed by atoms with van der Waals surface area (Å²) in [6.45, 7) is 0.415. The summed E-state index contributed by atoms with van der Waals surface area (Å²) < 4.78 is 10.7. The average Bonchev–Trinajstić information content (AvgIpc) is 2.77. The molecule has 0 radical (unpaired) electrons. The predicted molar refractivity (Wildman–Crippen MR) is 110 cm³/mol. The second-order valence-corrected chi connectivity index (χ2v) is 6.97. The number of carbonyl (C=O) groups excluding carboxylic acids is 2. The molecule has 0 heterocycles. The highest BCUT2D eigenvalue weighted by molar-refractivity contribution is 5.69. The van der Waals surface area contributed by atoms with E-state index < -0.39 is 12.2 Å². The number of carbonyl (C=O) groups is 2. The van der Waals surface area contributed by atoms with E-state index in [1.807, 2.05) is 72.8 Å². The molecule has 1 N–H and O–H groups in total. The van der Waals surface area contributed by atoms with Gasteiger partial charge in [0.1, 0.15) is 13.2 Å². The van der Waals surface area contributed by atoms with Crippen molar-refractivity contribution < 1.29 is 19.1 Å². The van der Waals surface area contributed by atoms with Crippen LogP contribution in [0, 0.1) is 0 Å². The highest BCUT2D eigenvalue weighted by Crippen LogP contribution is 2.19. The molecule has 6 heteroatoms. The topological polar surface area (TPSA) is 67.9 Å². The van der Waals surface area contributed by atoms with Crippen LogP contribution < -0.4 is 5.32 Å². The fraction of sp³-hybridized carbons (Fsp3) is 0.304. The summed E-state index contributed by atoms with van der Waals surface area (Å²) in [6.07, 6.45) is 4.37. The lowest BCUT2D eigenvalue weighted by molar-refractivity contribution is 0.0793. The van der Waals surface area contributed by atoms with Crippen LogP contribution in [-0.4, -0.2) is 36.2 Å². The quantitative estimate of drug-likeness (QED) is 0.743. The van der Waals surface area contributed by atoms with Crippen molar-refractivity contribution in [3.8, 4) is 0 Å².